The van der Waals surface area contributed by atoms with Crippen LogP contribution in [0.2, 0.25) is 0 Å². The number of carboxylic acid groups (broad SMARTS) is 1. The summed E-state index contributed by atoms with van der Waals surface area (Å²) in [4.78, 5) is 14.9. The van der Waals surface area contributed by atoms with Crippen molar-refractivity contribution in [2.45, 2.75) is 18.7 Å². The molecule has 0 atom stereocenters. The highest BCUT2D eigenvalue weighted by Crippen LogP contribution is 2.27. The zero-order chi connectivity index (χ0) is 15.6. The highest BCUT2D eigenvalue weighted by atomic mass is 32.2. The molecule has 0 aliphatic heterocycles. The lowest BCUT2D eigenvalue weighted by Gasteiger charge is -2.03. The van der Waals surface area contributed by atoms with Gasteiger partial charge >= 0.3 is 12.0 Å². The Kier molecular flexibility index (Phi) is 4.14. The van der Waals surface area contributed by atoms with Gasteiger partial charge in [0.05, 0.1) is 6.61 Å². The third-order valence-corrected chi connectivity index (χ3v) is 4.97. The minimum absolute atomic E-state index is 0.0171. The van der Waals surface area contributed by atoms with Gasteiger partial charge in [-0.3, -0.25) is 0 Å². The van der Waals surface area contributed by atoms with Crippen LogP contribution in [-0.4, -0.2) is 41.3 Å². The van der Waals surface area contributed by atoms with Crippen molar-refractivity contribution >= 4 is 33.3 Å². The Labute approximate surface area is 124 Å². The highest BCUT2D eigenvalue weighted by Gasteiger charge is 2.23. The summed E-state index contributed by atoms with van der Waals surface area (Å²) in [6, 6.07) is 1.12. The Bertz CT molecular complexity index is 764. The number of aromatic nitrogens is 3. The lowest BCUT2D eigenvalue weighted by molar-refractivity contribution is 0.0702. The van der Waals surface area contributed by atoms with E-state index in [1.807, 2.05) is 0 Å². The highest BCUT2D eigenvalue weighted by molar-refractivity contribution is 7.92. The number of carbonyl (C=O) groups is 1. The summed E-state index contributed by atoms with van der Waals surface area (Å²) in [7, 11) is -3.95. The van der Waals surface area contributed by atoms with Crippen LogP contribution in [0.4, 0.5) is 5.95 Å². The number of hydrogen-bond donors (Lipinski definition) is 3. The zero-order valence-corrected chi connectivity index (χ0v) is 12.7. The summed E-state index contributed by atoms with van der Waals surface area (Å²) < 4.78 is 31.6. The van der Waals surface area contributed by atoms with Crippen molar-refractivity contribution in [1.82, 2.24) is 15.2 Å². The molecule has 2 rings (SSSR count). The molecule has 0 fully saturated rings. The number of aromatic carboxylic acids is 1. The van der Waals surface area contributed by atoms with Crippen molar-refractivity contribution in [2.75, 3.05) is 11.3 Å². The van der Waals surface area contributed by atoms with E-state index in [1.54, 1.807) is 6.92 Å². The first-order chi connectivity index (χ1) is 9.83. The third-order valence-electron chi connectivity index (χ3n) is 2.34. The largest absolute Gasteiger partial charge is 0.477 e. The Morgan fingerprint density at radius 3 is 2.86 bits per heavy atom. The first-order valence-electron chi connectivity index (χ1n) is 5.75. The van der Waals surface area contributed by atoms with E-state index < -0.39 is 16.0 Å². The molecule has 11 heteroatoms. The van der Waals surface area contributed by atoms with Gasteiger partial charge in [-0.1, -0.05) is 0 Å². The van der Waals surface area contributed by atoms with E-state index in [9.17, 15) is 13.2 Å². The van der Waals surface area contributed by atoms with Gasteiger partial charge in [0.15, 0.2) is 0 Å². The monoisotopic (exact) mass is 332 g/mol. The molecular formula is C10H12N4O5S2. The van der Waals surface area contributed by atoms with Crippen LogP contribution in [0.15, 0.2) is 11.0 Å². The molecule has 0 saturated heterocycles. The number of carboxylic acids is 1. The molecule has 114 valence electrons. The molecule has 0 saturated carbocycles. The number of H-pyrrole nitrogens is 1. The molecule has 9 nitrogen and oxygen atoms in total. The molecule has 0 aliphatic rings. The van der Waals surface area contributed by atoms with Crippen molar-refractivity contribution in [2.24, 2.45) is 0 Å². The predicted octanol–water partition coefficient (Wildman–Crippen LogP) is 1.07. The molecule has 2 heterocycles. The number of nitrogens with one attached hydrogen (secondary N) is 2. The number of anilines is 1. The van der Waals surface area contributed by atoms with Gasteiger partial charge in [0, 0.05) is 4.88 Å². The van der Waals surface area contributed by atoms with Crippen molar-refractivity contribution in [3.05, 3.63) is 15.8 Å². The summed E-state index contributed by atoms with van der Waals surface area (Å²) in [5.74, 6) is -1.29. The Hall–Kier alpha value is -2.14. The van der Waals surface area contributed by atoms with Crippen LogP contribution in [0.25, 0.3) is 0 Å². The van der Waals surface area contributed by atoms with E-state index in [0.29, 0.717) is 11.5 Å². The average Bonchev–Trinajstić information content (AvgIpc) is 2.96. The maximum Gasteiger partial charge on any atom is 0.345 e. The van der Waals surface area contributed by atoms with Crippen molar-refractivity contribution in [1.29, 1.82) is 0 Å². The van der Waals surface area contributed by atoms with Gasteiger partial charge in [-0.2, -0.15) is 4.98 Å². The predicted molar refractivity (Wildman–Crippen MR) is 74.4 cm³/mol. The van der Waals surface area contributed by atoms with Gasteiger partial charge in [0.2, 0.25) is 5.95 Å². The van der Waals surface area contributed by atoms with E-state index >= 15 is 0 Å². The molecule has 0 spiro atoms. The number of ether oxygens (including phenoxy) is 1. The normalized spacial score (nSPS) is 11.3. The zero-order valence-electron chi connectivity index (χ0n) is 11.1. The number of nitrogens with zero attached hydrogens (tertiary/aromatic N) is 2. The van der Waals surface area contributed by atoms with Crippen molar-refractivity contribution < 1.29 is 23.1 Å². The van der Waals surface area contributed by atoms with Gasteiger partial charge < -0.3 is 9.84 Å². The molecule has 0 unspecified atom stereocenters. The van der Waals surface area contributed by atoms with E-state index in [-0.39, 0.29) is 21.7 Å². The fraction of sp³-hybridized carbons (Fsp3) is 0.300. The van der Waals surface area contributed by atoms with Crippen LogP contribution in [0.1, 0.15) is 21.5 Å². The number of hydrogen-bond acceptors (Lipinski definition) is 7. The lowest BCUT2D eigenvalue weighted by Crippen LogP contribution is -2.14. The Morgan fingerprint density at radius 1 is 1.57 bits per heavy atom. The van der Waals surface area contributed by atoms with Crippen molar-refractivity contribution in [3.63, 3.8) is 0 Å². The second-order valence-electron chi connectivity index (χ2n) is 3.84. The number of aromatic amines is 1. The van der Waals surface area contributed by atoms with E-state index in [0.717, 1.165) is 17.4 Å². The second-order valence-corrected chi connectivity index (χ2v) is 6.75. The molecule has 0 aromatic carbocycles. The van der Waals surface area contributed by atoms with Crippen LogP contribution in [0, 0.1) is 6.92 Å². The molecule has 0 bridgehead atoms. The number of thiophene rings is 1. The molecule has 0 amide bonds. The quantitative estimate of drug-likeness (QED) is 0.720. The van der Waals surface area contributed by atoms with Crippen LogP contribution < -0.4 is 9.46 Å². The number of sulfonamides is 1. The minimum atomic E-state index is -3.95. The molecule has 2 aromatic heterocycles. The molecule has 3 N–H and O–H groups in total. The molecular weight excluding hydrogens is 320 g/mol. The van der Waals surface area contributed by atoms with Gasteiger partial charge in [-0.15, -0.1) is 16.4 Å². The average molecular weight is 332 g/mol. The van der Waals surface area contributed by atoms with Gasteiger partial charge in [-0.05, 0) is 19.9 Å². The van der Waals surface area contributed by atoms with Crippen LogP contribution in [0.3, 0.4) is 0 Å². The van der Waals surface area contributed by atoms with Gasteiger partial charge in [0.25, 0.3) is 10.0 Å². The Morgan fingerprint density at radius 2 is 2.29 bits per heavy atom. The van der Waals surface area contributed by atoms with E-state index in [1.165, 1.54) is 6.92 Å². The fourth-order valence-corrected chi connectivity index (χ4v) is 3.89. The first-order valence-corrected chi connectivity index (χ1v) is 8.05. The summed E-state index contributed by atoms with van der Waals surface area (Å²) >= 11 is 0.884. The SMILES string of the molecule is CCOc1n[nH]c(NS(=O)(=O)c2cc(C(=O)O)sc2C)n1. The summed E-state index contributed by atoms with van der Waals surface area (Å²) in [5, 5.41) is 14.9. The second kappa shape index (κ2) is 5.69. The summed E-state index contributed by atoms with van der Waals surface area (Å²) in [5.41, 5.74) is 0. The fourth-order valence-electron chi connectivity index (χ4n) is 1.51. The maximum absolute atomic E-state index is 12.2. The Balaban J connectivity index is 2.27. The molecule has 0 radical (unpaired) electrons. The van der Waals surface area contributed by atoms with Gasteiger partial charge in [-0.25, -0.2) is 23.0 Å². The number of rotatable bonds is 6. The van der Waals surface area contributed by atoms with Crippen LogP contribution in [-0.2, 0) is 10.0 Å². The molecule has 2 aromatic rings. The molecule has 0 aliphatic carbocycles. The van der Waals surface area contributed by atoms with Crippen molar-refractivity contribution in [3.8, 4) is 6.01 Å². The van der Waals surface area contributed by atoms with Crippen LogP contribution >= 0.6 is 11.3 Å². The molecule has 21 heavy (non-hydrogen) atoms. The van der Waals surface area contributed by atoms with E-state index in [4.69, 9.17) is 9.84 Å². The first kappa shape index (κ1) is 15.3. The van der Waals surface area contributed by atoms with Gasteiger partial charge in [0.1, 0.15) is 9.77 Å². The minimum Gasteiger partial charge on any atom is -0.477 e. The smallest absolute Gasteiger partial charge is 0.345 e. The lowest BCUT2D eigenvalue weighted by atomic mass is 10.4. The standard InChI is InChI=1S/C10H12N4O5S2/c1-3-19-10-11-9(12-13-10)14-21(17,18)7-4-6(8(15)16)20-5(7)2/h4H,3H2,1-2H3,(H,15,16)(H2,11,12,13,14). The topological polar surface area (TPSA) is 134 Å². The summed E-state index contributed by atoms with van der Waals surface area (Å²) in [6.45, 7) is 3.61. The number of aryl methyl sites for hydroxylation is 1. The third kappa shape index (κ3) is 3.31. The summed E-state index contributed by atoms with van der Waals surface area (Å²) in [6.07, 6.45) is 0. The maximum atomic E-state index is 12.2. The van der Waals surface area contributed by atoms with E-state index in [2.05, 4.69) is 19.9 Å². The van der Waals surface area contributed by atoms with Crippen LogP contribution in [0.5, 0.6) is 6.01 Å².